The van der Waals surface area contributed by atoms with Crippen molar-refractivity contribution >= 4 is 5.82 Å². The highest BCUT2D eigenvalue weighted by molar-refractivity contribution is 5.40. The molecule has 1 unspecified atom stereocenters. The number of aromatic nitrogens is 2. The third kappa shape index (κ3) is 3.67. The van der Waals surface area contributed by atoms with E-state index in [0.717, 1.165) is 44.1 Å². The summed E-state index contributed by atoms with van der Waals surface area (Å²) in [7, 11) is 0. The fourth-order valence-electron chi connectivity index (χ4n) is 3.64. The maximum absolute atomic E-state index is 5.59. The summed E-state index contributed by atoms with van der Waals surface area (Å²) in [4.78, 5) is 10.8. The van der Waals surface area contributed by atoms with Gasteiger partial charge in [0.2, 0.25) is 0 Å². The standard InChI is InChI=1S/C19H24N4O/c1-2-17(22-19-5-8-20-14-21-19)13-23(9-1)10-6-15-3-4-18-16(12-15)7-11-24-18/h3-5,8,12,14,17H,1-2,6-7,9-11,13H2,(H,20,21,22). The van der Waals surface area contributed by atoms with Crippen molar-refractivity contribution in [2.45, 2.75) is 31.7 Å². The Hall–Kier alpha value is -2.14. The molecular weight excluding hydrogens is 300 g/mol. The number of fused-ring (bicyclic) bond motifs is 1. The Morgan fingerprint density at radius 2 is 2.29 bits per heavy atom. The number of piperidine rings is 1. The number of ether oxygens (including phenoxy) is 1. The van der Waals surface area contributed by atoms with Crippen LogP contribution in [0.5, 0.6) is 5.75 Å². The first-order valence-electron chi connectivity index (χ1n) is 8.86. The van der Waals surface area contributed by atoms with Crippen molar-refractivity contribution in [3.63, 3.8) is 0 Å². The van der Waals surface area contributed by atoms with Crippen molar-refractivity contribution in [2.24, 2.45) is 0 Å². The summed E-state index contributed by atoms with van der Waals surface area (Å²) in [6, 6.07) is 9.08. The SMILES string of the molecule is c1cc(NC2CCCN(CCc3ccc4c(c3)CCO4)C2)ncn1. The molecule has 0 aliphatic carbocycles. The largest absolute Gasteiger partial charge is 0.493 e. The van der Waals surface area contributed by atoms with Gasteiger partial charge in [0.15, 0.2) is 0 Å². The van der Waals surface area contributed by atoms with Crippen LogP contribution in [0.3, 0.4) is 0 Å². The van der Waals surface area contributed by atoms with Gasteiger partial charge in [0.05, 0.1) is 6.61 Å². The number of nitrogens with one attached hydrogen (secondary N) is 1. The van der Waals surface area contributed by atoms with Gasteiger partial charge in [0.1, 0.15) is 17.9 Å². The molecule has 5 heteroatoms. The minimum atomic E-state index is 0.474. The Morgan fingerprint density at radius 3 is 3.21 bits per heavy atom. The maximum Gasteiger partial charge on any atom is 0.129 e. The van der Waals surface area contributed by atoms with Crippen LogP contribution >= 0.6 is 0 Å². The van der Waals surface area contributed by atoms with Crippen molar-refractivity contribution in [1.29, 1.82) is 0 Å². The second-order valence-corrected chi connectivity index (χ2v) is 6.67. The summed E-state index contributed by atoms with van der Waals surface area (Å²) in [6.07, 6.45) is 7.98. The summed E-state index contributed by atoms with van der Waals surface area (Å²) < 4.78 is 5.59. The molecule has 24 heavy (non-hydrogen) atoms. The molecule has 2 aromatic rings. The van der Waals surface area contributed by atoms with Crippen LogP contribution in [0.1, 0.15) is 24.0 Å². The first-order chi connectivity index (χ1) is 11.9. The maximum atomic E-state index is 5.59. The van der Waals surface area contributed by atoms with Gasteiger partial charge in [0, 0.05) is 31.7 Å². The zero-order valence-corrected chi connectivity index (χ0v) is 13.9. The third-order valence-corrected chi connectivity index (χ3v) is 4.91. The fourth-order valence-corrected chi connectivity index (χ4v) is 3.64. The second kappa shape index (κ2) is 7.18. The van der Waals surface area contributed by atoms with Gasteiger partial charge in [-0.2, -0.15) is 0 Å². The van der Waals surface area contributed by atoms with Gasteiger partial charge < -0.3 is 15.0 Å². The van der Waals surface area contributed by atoms with Gasteiger partial charge in [-0.3, -0.25) is 0 Å². The van der Waals surface area contributed by atoms with Crippen LogP contribution < -0.4 is 10.1 Å². The lowest BCUT2D eigenvalue weighted by molar-refractivity contribution is 0.218. The number of benzene rings is 1. The molecule has 0 radical (unpaired) electrons. The van der Waals surface area contributed by atoms with Gasteiger partial charge in [0.25, 0.3) is 0 Å². The number of nitrogens with zero attached hydrogens (tertiary/aromatic N) is 3. The minimum absolute atomic E-state index is 0.474. The van der Waals surface area contributed by atoms with E-state index in [1.807, 2.05) is 6.07 Å². The highest BCUT2D eigenvalue weighted by Crippen LogP contribution is 2.26. The molecule has 0 amide bonds. The highest BCUT2D eigenvalue weighted by atomic mass is 16.5. The van der Waals surface area contributed by atoms with Crippen LogP contribution in [0, 0.1) is 0 Å². The summed E-state index contributed by atoms with van der Waals surface area (Å²) in [5.41, 5.74) is 2.79. The van der Waals surface area contributed by atoms with Crippen molar-refractivity contribution in [3.05, 3.63) is 47.9 Å². The molecule has 1 fully saturated rings. The Bertz CT molecular complexity index is 676. The molecule has 1 saturated heterocycles. The van der Waals surface area contributed by atoms with Crippen LogP contribution in [0.25, 0.3) is 0 Å². The van der Waals surface area contributed by atoms with E-state index in [2.05, 4.69) is 38.4 Å². The lowest BCUT2D eigenvalue weighted by atomic mass is 10.0. The quantitative estimate of drug-likeness (QED) is 0.916. The highest BCUT2D eigenvalue weighted by Gasteiger charge is 2.20. The molecule has 1 atom stereocenters. The number of rotatable bonds is 5. The molecule has 5 nitrogen and oxygen atoms in total. The zero-order valence-electron chi connectivity index (χ0n) is 13.9. The number of hydrogen-bond acceptors (Lipinski definition) is 5. The Kier molecular flexibility index (Phi) is 4.60. The van der Waals surface area contributed by atoms with Crippen LogP contribution in [-0.2, 0) is 12.8 Å². The summed E-state index contributed by atoms with van der Waals surface area (Å²) in [5.74, 6) is 2.00. The predicted molar refractivity (Wildman–Crippen MR) is 94.5 cm³/mol. The Labute approximate surface area is 143 Å². The van der Waals surface area contributed by atoms with Crippen LogP contribution in [-0.4, -0.2) is 47.2 Å². The smallest absolute Gasteiger partial charge is 0.129 e. The molecule has 126 valence electrons. The third-order valence-electron chi connectivity index (χ3n) is 4.91. The topological polar surface area (TPSA) is 50.3 Å². The van der Waals surface area contributed by atoms with Crippen LogP contribution in [0.4, 0.5) is 5.82 Å². The lowest BCUT2D eigenvalue weighted by Gasteiger charge is -2.33. The average molecular weight is 324 g/mol. The first-order valence-corrected chi connectivity index (χ1v) is 8.86. The zero-order chi connectivity index (χ0) is 16.2. The van der Waals surface area contributed by atoms with Gasteiger partial charge in [-0.15, -0.1) is 0 Å². The number of likely N-dealkylation sites (tertiary alicyclic amines) is 1. The molecule has 3 heterocycles. The molecule has 2 aliphatic rings. The van der Waals surface area contributed by atoms with Crippen molar-refractivity contribution in [2.75, 3.05) is 31.6 Å². The Balaban J connectivity index is 1.30. The molecule has 1 aromatic heterocycles. The van der Waals surface area contributed by atoms with Gasteiger partial charge in [-0.1, -0.05) is 12.1 Å². The fraction of sp³-hybridized carbons (Fsp3) is 0.474. The first kappa shape index (κ1) is 15.4. The lowest BCUT2D eigenvalue weighted by Crippen LogP contribution is -2.43. The van der Waals surface area contributed by atoms with Gasteiger partial charge in [-0.25, -0.2) is 9.97 Å². The molecule has 2 aliphatic heterocycles. The van der Waals surface area contributed by atoms with Gasteiger partial charge >= 0.3 is 0 Å². The molecule has 1 aromatic carbocycles. The molecular formula is C19H24N4O. The molecule has 4 rings (SSSR count). The summed E-state index contributed by atoms with van der Waals surface area (Å²) in [6.45, 7) is 4.22. The minimum Gasteiger partial charge on any atom is -0.493 e. The molecule has 0 bridgehead atoms. The molecule has 0 saturated carbocycles. The van der Waals surface area contributed by atoms with E-state index in [1.54, 1.807) is 12.5 Å². The Morgan fingerprint density at radius 1 is 1.29 bits per heavy atom. The number of hydrogen-bond donors (Lipinski definition) is 1. The number of anilines is 1. The van der Waals surface area contributed by atoms with Crippen molar-refractivity contribution in [1.82, 2.24) is 14.9 Å². The summed E-state index contributed by atoms with van der Waals surface area (Å²) in [5, 5.41) is 3.53. The normalized spacial score (nSPS) is 20.4. The predicted octanol–water partition coefficient (Wildman–Crippen LogP) is 2.53. The molecule has 0 spiro atoms. The van der Waals surface area contributed by atoms with Crippen LogP contribution in [0.15, 0.2) is 36.8 Å². The van der Waals surface area contributed by atoms with Crippen molar-refractivity contribution < 1.29 is 4.74 Å². The van der Waals surface area contributed by atoms with Crippen molar-refractivity contribution in [3.8, 4) is 5.75 Å². The van der Waals surface area contributed by atoms with Gasteiger partial charge in [-0.05, 0) is 49.1 Å². The van der Waals surface area contributed by atoms with E-state index < -0.39 is 0 Å². The summed E-state index contributed by atoms with van der Waals surface area (Å²) >= 11 is 0. The van der Waals surface area contributed by atoms with E-state index in [-0.39, 0.29) is 0 Å². The molecule has 1 N–H and O–H groups in total. The van der Waals surface area contributed by atoms with E-state index in [0.29, 0.717) is 6.04 Å². The second-order valence-electron chi connectivity index (χ2n) is 6.67. The average Bonchev–Trinajstić information content (AvgIpc) is 3.09. The van der Waals surface area contributed by atoms with E-state index >= 15 is 0 Å². The van der Waals surface area contributed by atoms with Crippen LogP contribution in [0.2, 0.25) is 0 Å². The van der Waals surface area contributed by atoms with E-state index in [4.69, 9.17) is 4.74 Å². The monoisotopic (exact) mass is 324 g/mol. The van der Waals surface area contributed by atoms with E-state index in [1.165, 1.54) is 30.5 Å². The van der Waals surface area contributed by atoms with E-state index in [9.17, 15) is 0 Å².